The monoisotopic (exact) mass is 289 g/mol. The summed E-state index contributed by atoms with van der Waals surface area (Å²) in [5.41, 5.74) is 2.05. The predicted molar refractivity (Wildman–Crippen MR) is 77.4 cm³/mol. The first-order valence-electron chi connectivity index (χ1n) is 6.73. The lowest BCUT2D eigenvalue weighted by molar-refractivity contribution is -0.140. The van der Waals surface area contributed by atoms with Gasteiger partial charge in [0.1, 0.15) is 0 Å². The molecule has 0 radical (unpaired) electrons. The molecule has 1 aromatic carbocycles. The molecule has 2 rings (SSSR count). The first-order valence-corrected chi connectivity index (χ1v) is 6.73. The molecule has 0 fully saturated rings. The fourth-order valence-electron chi connectivity index (χ4n) is 1.92. The summed E-state index contributed by atoms with van der Waals surface area (Å²) < 4.78 is 9.88. The van der Waals surface area contributed by atoms with Crippen molar-refractivity contribution >= 4 is 5.97 Å². The Labute approximate surface area is 123 Å². The van der Waals surface area contributed by atoms with Crippen molar-refractivity contribution < 1.29 is 14.1 Å². The van der Waals surface area contributed by atoms with Gasteiger partial charge in [-0.25, -0.2) is 0 Å². The second kappa shape index (κ2) is 6.99. The van der Waals surface area contributed by atoms with Crippen LogP contribution < -0.4 is 0 Å². The first kappa shape index (κ1) is 15.2. The molecule has 0 N–H and O–H groups in total. The molecular weight excluding hydrogens is 270 g/mol. The number of carbonyl (C=O) groups is 1. The van der Waals surface area contributed by atoms with E-state index in [-0.39, 0.29) is 5.97 Å². The third kappa shape index (κ3) is 4.39. The third-order valence-corrected chi connectivity index (χ3v) is 3.07. The fraction of sp³-hybridized carbons (Fsp3) is 0.400. The van der Waals surface area contributed by atoms with E-state index in [9.17, 15) is 4.79 Å². The molecule has 21 heavy (non-hydrogen) atoms. The zero-order chi connectivity index (χ0) is 15.2. The minimum atomic E-state index is -0.226. The zero-order valence-electron chi connectivity index (χ0n) is 12.5. The smallest absolute Gasteiger partial charge is 0.306 e. The van der Waals surface area contributed by atoms with Crippen LogP contribution in [0.2, 0.25) is 0 Å². The summed E-state index contributed by atoms with van der Waals surface area (Å²) in [6.45, 7) is 3.12. The van der Waals surface area contributed by atoms with Gasteiger partial charge in [0.2, 0.25) is 0 Å². The van der Waals surface area contributed by atoms with E-state index in [1.165, 1.54) is 7.11 Å². The van der Waals surface area contributed by atoms with Gasteiger partial charge < -0.3 is 9.26 Å². The molecule has 0 unspecified atom stereocenters. The number of hydrogen-bond donors (Lipinski definition) is 0. The highest BCUT2D eigenvalue weighted by Crippen LogP contribution is 2.18. The van der Waals surface area contributed by atoms with E-state index in [0.29, 0.717) is 31.2 Å². The first-order chi connectivity index (χ1) is 10.1. The average Bonchev–Trinajstić information content (AvgIpc) is 2.93. The van der Waals surface area contributed by atoms with E-state index in [1.807, 2.05) is 43.1 Å². The Kier molecular flexibility index (Phi) is 5.05. The van der Waals surface area contributed by atoms with Crippen molar-refractivity contribution in [3.05, 3.63) is 35.7 Å². The van der Waals surface area contributed by atoms with Gasteiger partial charge in [0.15, 0.2) is 5.82 Å². The summed E-state index contributed by atoms with van der Waals surface area (Å²) in [5.74, 6) is 0.879. The molecule has 1 heterocycles. The summed E-state index contributed by atoms with van der Waals surface area (Å²) >= 11 is 0. The molecule has 0 spiro atoms. The van der Waals surface area contributed by atoms with Crippen molar-refractivity contribution in [2.24, 2.45) is 0 Å². The third-order valence-electron chi connectivity index (χ3n) is 3.07. The lowest BCUT2D eigenvalue weighted by Crippen LogP contribution is -2.22. The second-order valence-corrected chi connectivity index (χ2v) is 4.95. The highest BCUT2D eigenvalue weighted by atomic mass is 16.5. The molecule has 112 valence electrons. The maximum absolute atomic E-state index is 11.1. The maximum atomic E-state index is 11.1. The molecule has 0 aliphatic carbocycles. The van der Waals surface area contributed by atoms with Crippen LogP contribution in [0.15, 0.2) is 28.8 Å². The Morgan fingerprint density at radius 2 is 2.24 bits per heavy atom. The van der Waals surface area contributed by atoms with Crippen LogP contribution >= 0.6 is 0 Å². The van der Waals surface area contributed by atoms with Gasteiger partial charge >= 0.3 is 5.97 Å². The quantitative estimate of drug-likeness (QED) is 0.758. The van der Waals surface area contributed by atoms with E-state index >= 15 is 0 Å². The molecule has 0 saturated heterocycles. The van der Waals surface area contributed by atoms with Gasteiger partial charge in [0, 0.05) is 12.1 Å². The minimum absolute atomic E-state index is 0.226. The average molecular weight is 289 g/mol. The number of carbonyl (C=O) groups excluding carboxylic acids is 1. The van der Waals surface area contributed by atoms with Crippen molar-refractivity contribution in [2.75, 3.05) is 20.7 Å². The van der Waals surface area contributed by atoms with Gasteiger partial charge in [-0.15, -0.1) is 0 Å². The number of aryl methyl sites for hydroxylation is 1. The van der Waals surface area contributed by atoms with E-state index in [1.54, 1.807) is 0 Å². The highest BCUT2D eigenvalue weighted by molar-refractivity contribution is 5.69. The van der Waals surface area contributed by atoms with E-state index in [2.05, 4.69) is 14.9 Å². The second-order valence-electron chi connectivity index (χ2n) is 4.95. The lowest BCUT2D eigenvalue weighted by atomic mass is 10.1. The van der Waals surface area contributed by atoms with Gasteiger partial charge in [0.05, 0.1) is 20.1 Å². The van der Waals surface area contributed by atoms with Crippen LogP contribution in [0.4, 0.5) is 0 Å². The molecule has 0 aliphatic rings. The normalized spacial score (nSPS) is 10.9. The van der Waals surface area contributed by atoms with Crippen LogP contribution in [0.3, 0.4) is 0 Å². The number of benzene rings is 1. The number of hydrogen-bond acceptors (Lipinski definition) is 6. The van der Waals surface area contributed by atoms with Gasteiger partial charge in [0.25, 0.3) is 5.89 Å². The predicted octanol–water partition coefficient (Wildman–Crippen LogP) is 2.04. The fourth-order valence-corrected chi connectivity index (χ4v) is 1.92. The number of methoxy groups -OCH3 is 1. The van der Waals surface area contributed by atoms with Crippen LogP contribution in [0.1, 0.15) is 17.8 Å². The van der Waals surface area contributed by atoms with Gasteiger partial charge in [-0.05, 0) is 26.1 Å². The SMILES string of the molecule is COC(=O)CCN(C)Cc1noc(-c2cccc(C)c2)n1. The Bertz CT molecular complexity index is 610. The lowest BCUT2D eigenvalue weighted by Gasteiger charge is -2.12. The molecular formula is C15H19N3O3. The van der Waals surface area contributed by atoms with Crippen LogP contribution in [0.25, 0.3) is 11.5 Å². The number of esters is 1. The molecule has 2 aromatic rings. The Morgan fingerprint density at radius 1 is 1.43 bits per heavy atom. The molecule has 0 aliphatic heterocycles. The Morgan fingerprint density at radius 3 is 2.95 bits per heavy atom. The minimum Gasteiger partial charge on any atom is -0.469 e. The zero-order valence-corrected chi connectivity index (χ0v) is 12.5. The summed E-state index contributed by atoms with van der Waals surface area (Å²) in [7, 11) is 3.28. The standard InChI is InChI=1S/C15H19N3O3/c1-11-5-4-6-12(9-11)15-16-13(17-21-15)10-18(2)8-7-14(19)20-3/h4-6,9H,7-8,10H2,1-3H3. The van der Waals surface area contributed by atoms with E-state index in [0.717, 1.165) is 11.1 Å². The number of nitrogens with zero attached hydrogens (tertiary/aromatic N) is 3. The molecule has 6 nitrogen and oxygen atoms in total. The molecule has 0 amide bonds. The number of ether oxygens (including phenoxy) is 1. The largest absolute Gasteiger partial charge is 0.469 e. The highest BCUT2D eigenvalue weighted by Gasteiger charge is 2.11. The number of aromatic nitrogens is 2. The Balaban J connectivity index is 1.95. The van der Waals surface area contributed by atoms with Crippen LogP contribution in [0.5, 0.6) is 0 Å². The van der Waals surface area contributed by atoms with Crippen LogP contribution in [-0.2, 0) is 16.1 Å². The maximum Gasteiger partial charge on any atom is 0.306 e. The number of rotatable bonds is 6. The molecule has 0 bridgehead atoms. The molecule has 6 heteroatoms. The van der Waals surface area contributed by atoms with Crippen LogP contribution in [-0.4, -0.2) is 41.7 Å². The summed E-state index contributed by atoms with van der Waals surface area (Å²) in [6.07, 6.45) is 0.343. The van der Waals surface area contributed by atoms with Crippen molar-refractivity contribution in [1.29, 1.82) is 0 Å². The Hall–Kier alpha value is -2.21. The van der Waals surface area contributed by atoms with Crippen molar-refractivity contribution in [3.63, 3.8) is 0 Å². The van der Waals surface area contributed by atoms with Gasteiger partial charge in [-0.3, -0.25) is 9.69 Å². The van der Waals surface area contributed by atoms with E-state index in [4.69, 9.17) is 4.52 Å². The van der Waals surface area contributed by atoms with Crippen molar-refractivity contribution in [2.45, 2.75) is 19.9 Å². The summed E-state index contributed by atoms with van der Waals surface area (Å²) in [6, 6.07) is 7.90. The molecule has 0 saturated carbocycles. The van der Waals surface area contributed by atoms with Crippen LogP contribution in [0, 0.1) is 6.92 Å². The van der Waals surface area contributed by atoms with Gasteiger partial charge in [-0.2, -0.15) is 4.98 Å². The summed E-state index contributed by atoms with van der Waals surface area (Å²) in [4.78, 5) is 17.4. The van der Waals surface area contributed by atoms with Crippen molar-refractivity contribution in [3.8, 4) is 11.5 Å². The summed E-state index contributed by atoms with van der Waals surface area (Å²) in [5, 5.41) is 3.97. The van der Waals surface area contributed by atoms with Gasteiger partial charge in [-0.1, -0.05) is 22.9 Å². The van der Waals surface area contributed by atoms with E-state index < -0.39 is 0 Å². The molecule has 0 atom stereocenters. The topological polar surface area (TPSA) is 68.5 Å². The van der Waals surface area contributed by atoms with Crippen molar-refractivity contribution in [1.82, 2.24) is 15.0 Å². The molecule has 1 aromatic heterocycles.